The van der Waals surface area contributed by atoms with Gasteiger partial charge in [0.1, 0.15) is 18.2 Å². The van der Waals surface area contributed by atoms with Crippen molar-refractivity contribution in [2.24, 2.45) is 0 Å². The van der Waals surface area contributed by atoms with Crippen LogP contribution in [0.1, 0.15) is 22.8 Å². The molecule has 0 atom stereocenters. The van der Waals surface area contributed by atoms with Crippen LogP contribution in [0.3, 0.4) is 0 Å². The summed E-state index contributed by atoms with van der Waals surface area (Å²) in [4.78, 5) is 11.1. The zero-order valence-electron chi connectivity index (χ0n) is 10.3. The fourth-order valence-corrected chi connectivity index (χ4v) is 1.80. The van der Waals surface area contributed by atoms with Crippen molar-refractivity contribution >= 4 is 17.4 Å². The lowest BCUT2D eigenvalue weighted by atomic mass is 10.1. The summed E-state index contributed by atoms with van der Waals surface area (Å²) in [5, 5.41) is 0.0769. The second-order valence-electron chi connectivity index (χ2n) is 4.08. The third-order valence-electron chi connectivity index (χ3n) is 2.69. The average molecular weight is 279 g/mol. The van der Waals surface area contributed by atoms with E-state index in [0.29, 0.717) is 16.9 Å². The first-order chi connectivity index (χ1) is 9.08. The molecule has 0 saturated heterocycles. The van der Waals surface area contributed by atoms with E-state index >= 15 is 0 Å². The van der Waals surface area contributed by atoms with Crippen molar-refractivity contribution in [3.63, 3.8) is 0 Å². The summed E-state index contributed by atoms with van der Waals surface area (Å²) >= 11 is 5.68. The highest BCUT2D eigenvalue weighted by Crippen LogP contribution is 2.20. The second-order valence-corrected chi connectivity index (χ2v) is 4.49. The van der Waals surface area contributed by atoms with E-state index in [4.69, 9.17) is 16.3 Å². The minimum absolute atomic E-state index is 0.00700. The zero-order valence-corrected chi connectivity index (χ0v) is 11.1. The first-order valence-corrected chi connectivity index (χ1v) is 6.12. The highest BCUT2D eigenvalue weighted by Gasteiger charge is 2.07. The molecule has 4 heteroatoms. The molecular formula is C15H12ClFO2. The van der Waals surface area contributed by atoms with Gasteiger partial charge in [-0.25, -0.2) is 4.39 Å². The number of carbonyl (C=O) groups excluding carboxylic acids is 1. The molecule has 0 aliphatic rings. The molecule has 0 fully saturated rings. The van der Waals surface area contributed by atoms with Gasteiger partial charge in [-0.2, -0.15) is 0 Å². The Bertz CT molecular complexity index is 594. The largest absolute Gasteiger partial charge is 0.489 e. The number of rotatable bonds is 4. The van der Waals surface area contributed by atoms with E-state index in [9.17, 15) is 9.18 Å². The molecular weight excluding hydrogens is 267 g/mol. The molecule has 0 aliphatic heterocycles. The lowest BCUT2D eigenvalue weighted by Gasteiger charge is -2.08. The molecule has 0 N–H and O–H groups in total. The average Bonchev–Trinajstić information content (AvgIpc) is 2.41. The number of ketones is 1. The molecule has 98 valence electrons. The maximum atomic E-state index is 13.6. The third-order valence-corrected chi connectivity index (χ3v) is 2.98. The number of hydrogen-bond acceptors (Lipinski definition) is 2. The van der Waals surface area contributed by atoms with E-state index < -0.39 is 5.82 Å². The van der Waals surface area contributed by atoms with Crippen molar-refractivity contribution in [1.29, 1.82) is 0 Å². The summed E-state index contributed by atoms with van der Waals surface area (Å²) in [5.41, 5.74) is 1.00. The Morgan fingerprint density at radius 1 is 1.21 bits per heavy atom. The van der Waals surface area contributed by atoms with Crippen LogP contribution >= 0.6 is 11.6 Å². The Hall–Kier alpha value is -1.87. The van der Waals surface area contributed by atoms with Gasteiger partial charge in [0.25, 0.3) is 0 Å². The maximum Gasteiger partial charge on any atom is 0.159 e. The molecule has 0 saturated carbocycles. The quantitative estimate of drug-likeness (QED) is 0.781. The molecule has 0 aromatic heterocycles. The van der Waals surface area contributed by atoms with Gasteiger partial charge in [-0.1, -0.05) is 23.7 Å². The monoisotopic (exact) mass is 278 g/mol. The summed E-state index contributed by atoms with van der Waals surface area (Å²) in [6.45, 7) is 1.59. The molecule has 2 rings (SSSR count). The number of benzene rings is 2. The number of hydrogen-bond donors (Lipinski definition) is 0. The summed E-state index contributed by atoms with van der Waals surface area (Å²) < 4.78 is 19.1. The molecule has 0 radical (unpaired) electrons. The van der Waals surface area contributed by atoms with Crippen molar-refractivity contribution < 1.29 is 13.9 Å². The van der Waals surface area contributed by atoms with Crippen molar-refractivity contribution in [2.45, 2.75) is 13.5 Å². The lowest BCUT2D eigenvalue weighted by Crippen LogP contribution is -1.99. The molecule has 2 aromatic carbocycles. The van der Waals surface area contributed by atoms with Crippen LogP contribution in [0.4, 0.5) is 4.39 Å². The summed E-state index contributed by atoms with van der Waals surface area (Å²) in [7, 11) is 0. The van der Waals surface area contributed by atoms with Gasteiger partial charge in [0.15, 0.2) is 5.78 Å². The van der Waals surface area contributed by atoms with Crippen LogP contribution in [0.5, 0.6) is 5.75 Å². The Balaban J connectivity index is 2.06. The Kier molecular flexibility index (Phi) is 4.17. The normalized spacial score (nSPS) is 10.3. The summed E-state index contributed by atoms with van der Waals surface area (Å²) in [6.07, 6.45) is 0. The van der Waals surface area contributed by atoms with E-state index in [2.05, 4.69) is 0 Å². The van der Waals surface area contributed by atoms with Crippen LogP contribution in [0.2, 0.25) is 5.02 Å². The van der Waals surface area contributed by atoms with Gasteiger partial charge in [0, 0.05) is 11.1 Å². The molecule has 0 bridgehead atoms. The van der Waals surface area contributed by atoms with E-state index in [1.54, 1.807) is 36.4 Å². The Labute approximate surface area is 115 Å². The fourth-order valence-electron chi connectivity index (χ4n) is 1.61. The first-order valence-electron chi connectivity index (χ1n) is 5.74. The highest BCUT2D eigenvalue weighted by molar-refractivity contribution is 6.30. The molecule has 0 heterocycles. The smallest absolute Gasteiger partial charge is 0.159 e. The van der Waals surface area contributed by atoms with Crippen molar-refractivity contribution in [1.82, 2.24) is 0 Å². The number of ether oxygens (including phenoxy) is 1. The van der Waals surface area contributed by atoms with Crippen LogP contribution in [-0.2, 0) is 6.61 Å². The summed E-state index contributed by atoms with van der Waals surface area (Å²) in [6, 6.07) is 11.5. The second kappa shape index (κ2) is 5.85. The van der Waals surface area contributed by atoms with Gasteiger partial charge < -0.3 is 4.74 Å². The maximum absolute atomic E-state index is 13.6. The third kappa shape index (κ3) is 3.32. The standard InChI is InChI=1S/C15H12ClFO2/c1-10(18)11-5-7-13(8-6-11)19-9-12-3-2-4-14(16)15(12)17/h2-8H,9H2,1H3. The van der Waals surface area contributed by atoms with E-state index in [1.807, 2.05) is 0 Å². The van der Waals surface area contributed by atoms with Crippen molar-refractivity contribution in [3.05, 3.63) is 64.4 Å². The van der Waals surface area contributed by atoms with Crippen molar-refractivity contribution in [2.75, 3.05) is 0 Å². The molecule has 2 aromatic rings. The minimum atomic E-state index is -0.468. The number of halogens is 2. The van der Waals surface area contributed by atoms with Gasteiger partial charge in [-0.05, 0) is 37.3 Å². The predicted octanol–water partition coefficient (Wildman–Crippen LogP) is 4.26. The van der Waals surface area contributed by atoms with Crippen LogP contribution < -0.4 is 4.74 Å². The Morgan fingerprint density at radius 2 is 1.89 bits per heavy atom. The van der Waals surface area contributed by atoms with Gasteiger partial charge in [0.2, 0.25) is 0 Å². The molecule has 0 unspecified atom stereocenters. The first kappa shape index (κ1) is 13.6. The molecule has 0 amide bonds. The van der Waals surface area contributed by atoms with E-state index in [0.717, 1.165) is 0 Å². The minimum Gasteiger partial charge on any atom is -0.489 e. The van der Waals surface area contributed by atoms with Gasteiger partial charge in [0.05, 0.1) is 5.02 Å². The fraction of sp³-hybridized carbons (Fsp3) is 0.133. The summed E-state index contributed by atoms with van der Waals surface area (Å²) in [5.74, 6) is 0.0985. The van der Waals surface area contributed by atoms with Crippen LogP contribution in [0.25, 0.3) is 0 Å². The van der Waals surface area contributed by atoms with Crippen LogP contribution in [0.15, 0.2) is 42.5 Å². The van der Waals surface area contributed by atoms with Gasteiger partial charge >= 0.3 is 0 Å². The SMILES string of the molecule is CC(=O)c1ccc(OCc2cccc(Cl)c2F)cc1. The topological polar surface area (TPSA) is 26.3 Å². The van der Waals surface area contributed by atoms with Gasteiger partial charge in [-0.3, -0.25) is 4.79 Å². The molecule has 2 nitrogen and oxygen atoms in total. The molecule has 19 heavy (non-hydrogen) atoms. The van der Waals surface area contributed by atoms with Gasteiger partial charge in [-0.15, -0.1) is 0 Å². The van der Waals surface area contributed by atoms with Crippen LogP contribution in [0, 0.1) is 5.82 Å². The highest BCUT2D eigenvalue weighted by atomic mass is 35.5. The lowest BCUT2D eigenvalue weighted by molar-refractivity contribution is 0.101. The van der Waals surface area contributed by atoms with E-state index in [-0.39, 0.29) is 17.4 Å². The zero-order chi connectivity index (χ0) is 13.8. The Morgan fingerprint density at radius 3 is 2.53 bits per heavy atom. The number of carbonyl (C=O) groups is 1. The van der Waals surface area contributed by atoms with E-state index in [1.165, 1.54) is 13.0 Å². The predicted molar refractivity (Wildman–Crippen MR) is 72.2 cm³/mol. The number of Topliss-reactive ketones (excluding diaryl/α,β-unsaturated/α-hetero) is 1. The molecule has 0 spiro atoms. The van der Waals surface area contributed by atoms with Crippen LogP contribution in [-0.4, -0.2) is 5.78 Å². The molecule has 0 aliphatic carbocycles. The van der Waals surface area contributed by atoms with Crippen molar-refractivity contribution in [3.8, 4) is 5.75 Å².